The Hall–Kier alpha value is -3.48. The van der Waals surface area contributed by atoms with Crippen molar-refractivity contribution in [3.8, 4) is 17.0 Å². The monoisotopic (exact) mass is 439 g/mol. The molecule has 0 atom stereocenters. The average molecular weight is 439 g/mol. The van der Waals surface area contributed by atoms with Gasteiger partial charge in [-0.15, -0.1) is 0 Å². The standard InChI is InChI=1S/C25H24F3N3O/c1-24(2,3)30-23-21(18-11-13-19(14-12-18)25(26,27)28)29-22-20(10-7-15-31(22)23)32-16-17-8-5-4-6-9-17/h4-15,30H,16H2,1-3H3. The maximum atomic E-state index is 13.0. The molecule has 0 saturated heterocycles. The number of fused-ring (bicyclic) bond motifs is 1. The van der Waals surface area contributed by atoms with Crippen LogP contribution in [-0.4, -0.2) is 14.9 Å². The van der Waals surface area contributed by atoms with Gasteiger partial charge in [-0.2, -0.15) is 13.2 Å². The number of nitrogens with one attached hydrogen (secondary N) is 1. The summed E-state index contributed by atoms with van der Waals surface area (Å²) >= 11 is 0. The first-order chi connectivity index (χ1) is 15.1. The molecular weight excluding hydrogens is 415 g/mol. The quantitative estimate of drug-likeness (QED) is 0.371. The van der Waals surface area contributed by atoms with Gasteiger partial charge in [-0.3, -0.25) is 4.40 Å². The molecule has 0 fully saturated rings. The molecule has 4 nitrogen and oxygen atoms in total. The number of rotatable bonds is 5. The van der Waals surface area contributed by atoms with Crippen molar-refractivity contribution in [2.75, 3.05) is 5.32 Å². The van der Waals surface area contributed by atoms with Crippen LogP contribution in [-0.2, 0) is 12.8 Å². The fourth-order valence-corrected chi connectivity index (χ4v) is 3.38. The van der Waals surface area contributed by atoms with E-state index in [9.17, 15) is 13.2 Å². The molecule has 0 spiro atoms. The third-order valence-electron chi connectivity index (χ3n) is 4.83. The van der Waals surface area contributed by atoms with E-state index in [1.165, 1.54) is 12.1 Å². The molecule has 4 aromatic rings. The van der Waals surface area contributed by atoms with E-state index in [1.54, 1.807) is 0 Å². The van der Waals surface area contributed by atoms with E-state index < -0.39 is 11.7 Å². The predicted molar refractivity (Wildman–Crippen MR) is 120 cm³/mol. The van der Waals surface area contributed by atoms with Crippen LogP contribution >= 0.6 is 0 Å². The molecule has 0 saturated carbocycles. The summed E-state index contributed by atoms with van der Waals surface area (Å²) in [6.45, 7) is 6.42. The van der Waals surface area contributed by atoms with Gasteiger partial charge in [0.05, 0.1) is 5.56 Å². The van der Waals surface area contributed by atoms with Crippen LogP contribution in [0.5, 0.6) is 5.75 Å². The van der Waals surface area contributed by atoms with Gasteiger partial charge in [0.25, 0.3) is 0 Å². The Bertz CT molecular complexity index is 1210. The minimum atomic E-state index is -4.39. The lowest BCUT2D eigenvalue weighted by atomic mass is 10.1. The molecule has 0 aliphatic rings. The SMILES string of the molecule is CC(C)(C)Nc1c(-c2ccc(C(F)(F)F)cc2)nc2c(OCc3ccccc3)cccn12. The molecule has 0 unspecified atom stereocenters. The minimum absolute atomic E-state index is 0.294. The summed E-state index contributed by atoms with van der Waals surface area (Å²) in [7, 11) is 0. The van der Waals surface area contributed by atoms with E-state index in [-0.39, 0.29) is 5.54 Å². The summed E-state index contributed by atoms with van der Waals surface area (Å²) in [5.74, 6) is 1.28. The van der Waals surface area contributed by atoms with Gasteiger partial charge in [0.15, 0.2) is 11.4 Å². The molecule has 2 aromatic heterocycles. The zero-order valence-corrected chi connectivity index (χ0v) is 18.1. The van der Waals surface area contributed by atoms with Crippen LogP contribution < -0.4 is 10.1 Å². The lowest BCUT2D eigenvalue weighted by Crippen LogP contribution is -2.27. The van der Waals surface area contributed by atoms with E-state index >= 15 is 0 Å². The van der Waals surface area contributed by atoms with E-state index in [1.807, 2.05) is 73.8 Å². The summed E-state index contributed by atoms with van der Waals surface area (Å²) < 4.78 is 47.0. The van der Waals surface area contributed by atoms with Crippen LogP contribution in [0, 0.1) is 0 Å². The number of halogens is 3. The highest BCUT2D eigenvalue weighted by Crippen LogP contribution is 2.36. The largest absolute Gasteiger partial charge is 0.485 e. The molecule has 0 aliphatic carbocycles. The highest BCUT2D eigenvalue weighted by molar-refractivity contribution is 5.79. The van der Waals surface area contributed by atoms with Crippen molar-refractivity contribution in [1.82, 2.24) is 9.38 Å². The summed E-state index contributed by atoms with van der Waals surface area (Å²) in [6, 6.07) is 18.5. The minimum Gasteiger partial charge on any atom is -0.485 e. The van der Waals surface area contributed by atoms with Gasteiger partial charge in [-0.05, 0) is 50.6 Å². The average Bonchev–Trinajstić information content (AvgIpc) is 3.10. The van der Waals surface area contributed by atoms with Crippen molar-refractivity contribution in [2.45, 2.75) is 39.1 Å². The normalized spacial score (nSPS) is 12.2. The molecular formula is C25H24F3N3O. The molecule has 0 amide bonds. The van der Waals surface area contributed by atoms with Gasteiger partial charge in [0, 0.05) is 17.3 Å². The first-order valence-electron chi connectivity index (χ1n) is 10.3. The van der Waals surface area contributed by atoms with Crippen LogP contribution in [0.2, 0.25) is 0 Å². The second-order valence-corrected chi connectivity index (χ2v) is 8.60. The Morgan fingerprint density at radius 2 is 1.59 bits per heavy atom. The van der Waals surface area contributed by atoms with Gasteiger partial charge in [0.2, 0.25) is 0 Å². The fourth-order valence-electron chi connectivity index (χ4n) is 3.38. The highest BCUT2D eigenvalue weighted by Gasteiger charge is 2.30. The van der Waals surface area contributed by atoms with Crippen molar-refractivity contribution in [2.24, 2.45) is 0 Å². The first-order valence-corrected chi connectivity index (χ1v) is 10.3. The maximum absolute atomic E-state index is 13.0. The second-order valence-electron chi connectivity index (χ2n) is 8.60. The number of hydrogen-bond donors (Lipinski definition) is 1. The number of nitrogens with zero attached hydrogens (tertiary/aromatic N) is 2. The van der Waals surface area contributed by atoms with Gasteiger partial charge < -0.3 is 10.1 Å². The van der Waals surface area contributed by atoms with E-state index in [2.05, 4.69) is 5.32 Å². The fraction of sp³-hybridized carbons (Fsp3) is 0.240. The number of hydrogen-bond acceptors (Lipinski definition) is 3. The molecule has 166 valence electrons. The summed E-state index contributed by atoms with van der Waals surface area (Å²) in [6.07, 6.45) is -2.53. The molecule has 0 radical (unpaired) electrons. The zero-order valence-electron chi connectivity index (χ0n) is 18.1. The Kier molecular flexibility index (Phi) is 5.59. The Labute approximate surface area is 184 Å². The number of alkyl halides is 3. The molecule has 0 aliphatic heterocycles. The number of anilines is 1. The van der Waals surface area contributed by atoms with Crippen LogP contribution in [0.25, 0.3) is 16.9 Å². The highest BCUT2D eigenvalue weighted by atomic mass is 19.4. The van der Waals surface area contributed by atoms with Crippen molar-refractivity contribution < 1.29 is 17.9 Å². The Morgan fingerprint density at radius 3 is 2.22 bits per heavy atom. The Morgan fingerprint density at radius 1 is 0.906 bits per heavy atom. The van der Waals surface area contributed by atoms with Gasteiger partial charge in [-0.25, -0.2) is 4.98 Å². The lowest BCUT2D eigenvalue weighted by molar-refractivity contribution is -0.137. The van der Waals surface area contributed by atoms with Crippen molar-refractivity contribution >= 4 is 11.5 Å². The maximum Gasteiger partial charge on any atom is 0.416 e. The third-order valence-corrected chi connectivity index (χ3v) is 4.83. The molecule has 1 N–H and O–H groups in total. The predicted octanol–water partition coefficient (Wildman–Crippen LogP) is 6.81. The topological polar surface area (TPSA) is 38.6 Å². The van der Waals surface area contributed by atoms with Gasteiger partial charge in [0.1, 0.15) is 18.1 Å². The number of benzene rings is 2. The van der Waals surface area contributed by atoms with Crippen molar-refractivity contribution in [3.05, 3.63) is 84.1 Å². The summed E-state index contributed by atoms with van der Waals surface area (Å²) in [4.78, 5) is 4.77. The third kappa shape index (κ3) is 4.72. The molecule has 2 aromatic carbocycles. The van der Waals surface area contributed by atoms with Gasteiger partial charge in [-0.1, -0.05) is 42.5 Å². The Balaban J connectivity index is 1.78. The molecule has 7 heteroatoms. The van der Waals surface area contributed by atoms with Crippen molar-refractivity contribution in [1.29, 1.82) is 0 Å². The first kappa shape index (κ1) is 21.7. The van der Waals surface area contributed by atoms with Crippen molar-refractivity contribution in [3.63, 3.8) is 0 Å². The zero-order chi connectivity index (χ0) is 22.9. The smallest absolute Gasteiger partial charge is 0.416 e. The van der Waals surface area contributed by atoms with Crippen LogP contribution in [0.4, 0.5) is 19.0 Å². The summed E-state index contributed by atoms with van der Waals surface area (Å²) in [5.41, 5.74) is 1.77. The number of aromatic nitrogens is 2. The van der Waals surface area contributed by atoms with Crippen LogP contribution in [0.15, 0.2) is 72.9 Å². The second kappa shape index (κ2) is 8.22. The molecule has 4 rings (SSSR count). The van der Waals surface area contributed by atoms with Crippen LogP contribution in [0.3, 0.4) is 0 Å². The van der Waals surface area contributed by atoms with Crippen LogP contribution in [0.1, 0.15) is 31.9 Å². The number of imidazole rings is 1. The molecule has 0 bridgehead atoms. The number of ether oxygens (including phenoxy) is 1. The number of pyridine rings is 1. The lowest BCUT2D eigenvalue weighted by Gasteiger charge is -2.22. The van der Waals surface area contributed by atoms with Gasteiger partial charge >= 0.3 is 6.18 Å². The molecule has 2 heterocycles. The van der Waals surface area contributed by atoms with E-state index in [4.69, 9.17) is 9.72 Å². The molecule has 32 heavy (non-hydrogen) atoms. The van der Waals surface area contributed by atoms with E-state index in [0.717, 1.165) is 17.7 Å². The summed E-state index contributed by atoms with van der Waals surface area (Å²) in [5, 5.41) is 3.44. The van der Waals surface area contributed by atoms with E-state index in [0.29, 0.717) is 35.1 Å².